The van der Waals surface area contributed by atoms with Crippen LogP contribution >= 0.6 is 11.3 Å². The Morgan fingerprint density at radius 3 is 2.69 bits per heavy atom. The van der Waals surface area contributed by atoms with Crippen LogP contribution in [0.4, 0.5) is 13.2 Å². The van der Waals surface area contributed by atoms with E-state index in [4.69, 9.17) is 0 Å². The lowest BCUT2D eigenvalue weighted by Crippen LogP contribution is -2.42. The summed E-state index contributed by atoms with van der Waals surface area (Å²) in [6.07, 6.45) is -2.76. The second kappa shape index (κ2) is 10.1. The van der Waals surface area contributed by atoms with E-state index >= 15 is 0 Å². The Morgan fingerprint density at radius 2 is 2.00 bits per heavy atom. The lowest BCUT2D eigenvalue weighted by molar-refractivity contribution is -0.140. The SMILES string of the molecule is CN=C(NCCc1nc(C(F)(F)F)cs1)NCCN1CCCN(C)CC1. The number of nitrogens with one attached hydrogen (secondary N) is 2. The number of likely N-dealkylation sites (N-methyl/N-ethyl adjacent to an activating group) is 1. The van der Waals surface area contributed by atoms with Gasteiger partial charge in [0.1, 0.15) is 0 Å². The van der Waals surface area contributed by atoms with Gasteiger partial charge in [-0.15, -0.1) is 11.3 Å². The van der Waals surface area contributed by atoms with Gasteiger partial charge in [0, 0.05) is 51.6 Å². The summed E-state index contributed by atoms with van der Waals surface area (Å²) in [5.74, 6) is 0.657. The number of thiazole rings is 1. The molecule has 2 heterocycles. The summed E-state index contributed by atoms with van der Waals surface area (Å²) in [6, 6.07) is 0. The van der Waals surface area contributed by atoms with Gasteiger partial charge in [-0.3, -0.25) is 4.99 Å². The van der Waals surface area contributed by atoms with Gasteiger partial charge in [-0.05, 0) is 26.6 Å². The molecular weight excluding hydrogens is 365 g/mol. The van der Waals surface area contributed by atoms with Crippen LogP contribution in [-0.4, -0.2) is 80.7 Å². The number of aromatic nitrogens is 1. The Balaban J connectivity index is 1.65. The number of halogens is 3. The first kappa shape index (κ1) is 20.9. The Morgan fingerprint density at radius 1 is 1.23 bits per heavy atom. The summed E-state index contributed by atoms with van der Waals surface area (Å²) >= 11 is 1.03. The Kier molecular flexibility index (Phi) is 8.11. The van der Waals surface area contributed by atoms with Gasteiger partial charge in [-0.2, -0.15) is 13.2 Å². The number of hydrogen-bond acceptors (Lipinski definition) is 5. The van der Waals surface area contributed by atoms with E-state index in [1.54, 1.807) is 7.05 Å². The van der Waals surface area contributed by atoms with Gasteiger partial charge >= 0.3 is 6.18 Å². The first-order chi connectivity index (χ1) is 12.4. The summed E-state index contributed by atoms with van der Waals surface area (Å²) in [4.78, 5) is 12.5. The summed E-state index contributed by atoms with van der Waals surface area (Å²) in [6.45, 7) is 6.59. The third kappa shape index (κ3) is 7.08. The summed E-state index contributed by atoms with van der Waals surface area (Å²) in [5.41, 5.74) is -0.817. The first-order valence-electron chi connectivity index (χ1n) is 8.75. The summed E-state index contributed by atoms with van der Waals surface area (Å²) in [5, 5.41) is 7.89. The number of alkyl halides is 3. The van der Waals surface area contributed by atoms with E-state index in [2.05, 4.69) is 37.5 Å². The maximum Gasteiger partial charge on any atom is 0.434 e. The fourth-order valence-corrected chi connectivity index (χ4v) is 3.53. The average molecular weight is 392 g/mol. The minimum absolute atomic E-state index is 0.430. The fourth-order valence-electron chi connectivity index (χ4n) is 2.72. The summed E-state index contributed by atoms with van der Waals surface area (Å²) in [7, 11) is 3.83. The van der Waals surface area contributed by atoms with Crippen molar-refractivity contribution in [2.24, 2.45) is 4.99 Å². The van der Waals surface area contributed by atoms with E-state index in [1.165, 1.54) is 6.42 Å². The van der Waals surface area contributed by atoms with Crippen molar-refractivity contribution in [3.05, 3.63) is 16.1 Å². The van der Waals surface area contributed by atoms with Crippen molar-refractivity contribution >= 4 is 17.3 Å². The molecule has 0 radical (unpaired) electrons. The van der Waals surface area contributed by atoms with Crippen molar-refractivity contribution in [3.63, 3.8) is 0 Å². The van der Waals surface area contributed by atoms with Gasteiger partial charge in [0.25, 0.3) is 0 Å². The highest BCUT2D eigenvalue weighted by molar-refractivity contribution is 7.09. The molecule has 1 aliphatic rings. The van der Waals surface area contributed by atoms with Crippen LogP contribution in [0.25, 0.3) is 0 Å². The molecule has 1 aromatic heterocycles. The Labute approximate surface area is 156 Å². The van der Waals surface area contributed by atoms with Crippen LogP contribution < -0.4 is 10.6 Å². The van der Waals surface area contributed by atoms with Gasteiger partial charge in [-0.1, -0.05) is 0 Å². The largest absolute Gasteiger partial charge is 0.434 e. The summed E-state index contributed by atoms with van der Waals surface area (Å²) < 4.78 is 37.6. The molecule has 1 saturated heterocycles. The van der Waals surface area contributed by atoms with Crippen LogP contribution in [0.2, 0.25) is 0 Å². The molecule has 0 saturated carbocycles. The van der Waals surface area contributed by atoms with Crippen LogP contribution in [-0.2, 0) is 12.6 Å². The number of rotatable bonds is 6. The molecule has 0 aliphatic carbocycles. The molecule has 0 atom stereocenters. The maximum atomic E-state index is 12.5. The quantitative estimate of drug-likeness (QED) is 0.568. The number of aliphatic imine (C=N–C) groups is 1. The van der Waals surface area contributed by atoms with Crippen molar-refractivity contribution in [3.8, 4) is 0 Å². The van der Waals surface area contributed by atoms with E-state index in [1.807, 2.05) is 0 Å². The van der Waals surface area contributed by atoms with Crippen LogP contribution in [0.15, 0.2) is 10.4 Å². The number of hydrogen-bond donors (Lipinski definition) is 2. The molecule has 2 N–H and O–H groups in total. The number of guanidine groups is 1. The molecule has 0 unspecified atom stereocenters. The van der Waals surface area contributed by atoms with Crippen molar-refractivity contribution in [2.75, 3.05) is 59.9 Å². The van der Waals surface area contributed by atoms with E-state index < -0.39 is 11.9 Å². The highest BCUT2D eigenvalue weighted by Crippen LogP contribution is 2.29. The highest BCUT2D eigenvalue weighted by atomic mass is 32.1. The second-order valence-corrected chi connectivity index (χ2v) is 7.24. The van der Waals surface area contributed by atoms with Crippen LogP contribution in [0.5, 0.6) is 0 Å². The van der Waals surface area contributed by atoms with Crippen molar-refractivity contribution in [1.29, 1.82) is 0 Å². The zero-order chi connectivity index (χ0) is 19.0. The molecule has 0 aromatic carbocycles. The maximum absolute atomic E-state index is 12.5. The van der Waals surface area contributed by atoms with Gasteiger partial charge in [0.15, 0.2) is 11.7 Å². The molecule has 1 aromatic rings. The Bertz CT molecular complexity index is 575. The minimum Gasteiger partial charge on any atom is -0.356 e. The van der Waals surface area contributed by atoms with E-state index in [0.29, 0.717) is 23.9 Å². The predicted octanol–water partition coefficient (Wildman–Crippen LogP) is 1.51. The molecule has 148 valence electrons. The number of nitrogens with zero attached hydrogens (tertiary/aromatic N) is 4. The molecule has 6 nitrogen and oxygen atoms in total. The molecule has 0 amide bonds. The van der Waals surface area contributed by atoms with Gasteiger partial charge in [-0.25, -0.2) is 4.98 Å². The molecule has 2 rings (SSSR count). The lowest BCUT2D eigenvalue weighted by Gasteiger charge is -2.21. The fraction of sp³-hybridized carbons (Fsp3) is 0.750. The van der Waals surface area contributed by atoms with E-state index in [-0.39, 0.29) is 0 Å². The van der Waals surface area contributed by atoms with Crippen LogP contribution in [0, 0.1) is 0 Å². The molecule has 26 heavy (non-hydrogen) atoms. The monoisotopic (exact) mass is 392 g/mol. The van der Waals surface area contributed by atoms with Gasteiger partial charge < -0.3 is 20.4 Å². The third-order valence-electron chi connectivity index (χ3n) is 4.23. The molecular formula is C16H27F3N6S. The van der Waals surface area contributed by atoms with Crippen LogP contribution in [0.3, 0.4) is 0 Å². The highest BCUT2D eigenvalue weighted by Gasteiger charge is 2.33. The zero-order valence-electron chi connectivity index (χ0n) is 15.3. The molecule has 0 spiro atoms. The zero-order valence-corrected chi connectivity index (χ0v) is 16.1. The molecule has 0 bridgehead atoms. The normalized spacial score (nSPS) is 18.0. The standard InChI is InChI=1S/C16H27F3N6S/c1-20-15(22-6-9-25-8-3-7-24(2)10-11-25)21-5-4-14-23-13(12-26-14)16(17,18)19/h12H,3-11H2,1-2H3,(H2,20,21,22). The first-order valence-corrected chi connectivity index (χ1v) is 9.63. The van der Waals surface area contributed by atoms with Gasteiger partial charge in [0.2, 0.25) is 0 Å². The lowest BCUT2D eigenvalue weighted by atomic mass is 10.4. The molecule has 1 aliphatic heterocycles. The van der Waals surface area contributed by atoms with E-state index in [9.17, 15) is 13.2 Å². The van der Waals surface area contributed by atoms with Crippen molar-refractivity contribution in [1.82, 2.24) is 25.4 Å². The average Bonchev–Trinajstić information content (AvgIpc) is 2.97. The second-order valence-electron chi connectivity index (χ2n) is 6.30. The molecule has 1 fully saturated rings. The van der Waals surface area contributed by atoms with Crippen molar-refractivity contribution < 1.29 is 13.2 Å². The Hall–Kier alpha value is -1.39. The van der Waals surface area contributed by atoms with Crippen molar-refractivity contribution in [2.45, 2.75) is 19.0 Å². The molecule has 10 heteroatoms. The minimum atomic E-state index is -4.37. The topological polar surface area (TPSA) is 55.8 Å². The predicted molar refractivity (Wildman–Crippen MR) is 98.7 cm³/mol. The van der Waals surface area contributed by atoms with E-state index in [0.717, 1.165) is 56.0 Å². The third-order valence-corrected chi connectivity index (χ3v) is 5.14. The smallest absolute Gasteiger partial charge is 0.356 e. The van der Waals surface area contributed by atoms with Gasteiger partial charge in [0.05, 0.1) is 5.01 Å². The van der Waals surface area contributed by atoms with Crippen LogP contribution in [0.1, 0.15) is 17.1 Å².